The molecule has 1 aromatic carbocycles. The Morgan fingerprint density at radius 2 is 1.86 bits per heavy atom. The number of aryl methyl sites for hydroxylation is 1. The molecule has 156 valence electrons. The summed E-state index contributed by atoms with van der Waals surface area (Å²) in [5, 5.41) is 17.0. The quantitative estimate of drug-likeness (QED) is 0.292. The SMILES string of the molecule is CCNC(=NCc1ccc(OC)c(OC)c1)NCC(C)(O)c1ccc(C)o1.I. The van der Waals surface area contributed by atoms with Crippen molar-refractivity contribution in [3.63, 3.8) is 0 Å². The average Bonchev–Trinajstić information content (AvgIpc) is 3.11. The van der Waals surface area contributed by atoms with Crippen molar-refractivity contribution in [2.45, 2.75) is 32.9 Å². The van der Waals surface area contributed by atoms with Crippen molar-refractivity contribution in [3.05, 3.63) is 47.4 Å². The van der Waals surface area contributed by atoms with Crippen LogP contribution >= 0.6 is 24.0 Å². The predicted molar refractivity (Wildman–Crippen MR) is 121 cm³/mol. The number of ether oxygens (including phenoxy) is 2. The third kappa shape index (κ3) is 6.59. The first-order chi connectivity index (χ1) is 12.9. The number of nitrogens with one attached hydrogen (secondary N) is 2. The van der Waals surface area contributed by atoms with E-state index >= 15 is 0 Å². The average molecular weight is 503 g/mol. The smallest absolute Gasteiger partial charge is 0.191 e. The predicted octanol–water partition coefficient (Wildman–Crippen LogP) is 3.19. The number of guanidine groups is 1. The summed E-state index contributed by atoms with van der Waals surface area (Å²) >= 11 is 0. The van der Waals surface area contributed by atoms with Gasteiger partial charge in [0, 0.05) is 6.54 Å². The summed E-state index contributed by atoms with van der Waals surface area (Å²) in [4.78, 5) is 4.57. The van der Waals surface area contributed by atoms with Crippen LogP contribution in [0.5, 0.6) is 11.5 Å². The lowest BCUT2D eigenvalue weighted by Gasteiger charge is -2.22. The van der Waals surface area contributed by atoms with Gasteiger partial charge in [-0.25, -0.2) is 4.99 Å². The lowest BCUT2D eigenvalue weighted by Crippen LogP contribution is -2.44. The Bertz CT molecular complexity index is 775. The molecule has 7 nitrogen and oxygen atoms in total. The number of methoxy groups -OCH3 is 2. The third-order valence-corrected chi connectivity index (χ3v) is 4.08. The van der Waals surface area contributed by atoms with Crippen LogP contribution in [0.3, 0.4) is 0 Å². The van der Waals surface area contributed by atoms with Crippen LogP contribution in [0.2, 0.25) is 0 Å². The molecule has 0 aliphatic heterocycles. The highest BCUT2D eigenvalue weighted by Gasteiger charge is 2.27. The number of benzene rings is 1. The Morgan fingerprint density at radius 1 is 1.14 bits per heavy atom. The first-order valence-corrected chi connectivity index (χ1v) is 8.92. The molecule has 1 aromatic heterocycles. The van der Waals surface area contributed by atoms with E-state index in [0.717, 1.165) is 11.3 Å². The number of halogens is 1. The van der Waals surface area contributed by atoms with Crippen molar-refractivity contribution in [1.29, 1.82) is 0 Å². The van der Waals surface area contributed by atoms with Gasteiger partial charge in [0.15, 0.2) is 17.5 Å². The van der Waals surface area contributed by atoms with Crippen molar-refractivity contribution in [2.75, 3.05) is 27.3 Å². The molecule has 0 fully saturated rings. The van der Waals surface area contributed by atoms with Crippen molar-refractivity contribution >= 4 is 29.9 Å². The molecule has 3 N–H and O–H groups in total. The van der Waals surface area contributed by atoms with E-state index in [4.69, 9.17) is 13.9 Å². The summed E-state index contributed by atoms with van der Waals surface area (Å²) in [5.74, 6) is 3.23. The fraction of sp³-hybridized carbons (Fsp3) is 0.450. The third-order valence-electron chi connectivity index (χ3n) is 4.08. The number of furan rings is 1. The van der Waals surface area contributed by atoms with Crippen molar-refractivity contribution in [1.82, 2.24) is 10.6 Å². The number of aliphatic hydroxyl groups is 1. The molecule has 1 atom stereocenters. The fourth-order valence-corrected chi connectivity index (χ4v) is 2.56. The first-order valence-electron chi connectivity index (χ1n) is 8.92. The molecule has 0 spiro atoms. The van der Waals surface area contributed by atoms with Crippen LogP contribution in [-0.4, -0.2) is 38.4 Å². The summed E-state index contributed by atoms with van der Waals surface area (Å²) in [6.45, 7) is 6.97. The molecule has 8 heteroatoms. The van der Waals surface area contributed by atoms with Gasteiger partial charge in [-0.1, -0.05) is 6.07 Å². The molecule has 0 radical (unpaired) electrons. The van der Waals surface area contributed by atoms with Crippen LogP contribution < -0.4 is 20.1 Å². The Hall–Kier alpha value is -1.94. The molecule has 0 aliphatic carbocycles. The monoisotopic (exact) mass is 503 g/mol. The summed E-state index contributed by atoms with van der Waals surface area (Å²) in [7, 11) is 3.21. The van der Waals surface area contributed by atoms with Gasteiger partial charge in [0.2, 0.25) is 0 Å². The van der Waals surface area contributed by atoms with Gasteiger partial charge in [0.1, 0.15) is 17.1 Å². The highest BCUT2D eigenvalue weighted by Crippen LogP contribution is 2.27. The number of hydrogen-bond acceptors (Lipinski definition) is 5. The van der Waals surface area contributed by atoms with E-state index in [1.54, 1.807) is 27.2 Å². The van der Waals surface area contributed by atoms with E-state index in [0.29, 0.717) is 36.3 Å². The summed E-state index contributed by atoms with van der Waals surface area (Å²) in [6.07, 6.45) is 0. The topological polar surface area (TPSA) is 88.3 Å². The Morgan fingerprint density at radius 3 is 2.43 bits per heavy atom. The van der Waals surface area contributed by atoms with Gasteiger partial charge in [-0.2, -0.15) is 0 Å². The molecule has 1 heterocycles. The minimum Gasteiger partial charge on any atom is -0.493 e. The molecule has 1 unspecified atom stereocenters. The van der Waals surface area contributed by atoms with E-state index in [1.807, 2.05) is 38.1 Å². The maximum Gasteiger partial charge on any atom is 0.191 e. The standard InChI is InChI=1S/C20H29N3O4.HI/c1-6-21-19(23-13-20(3,24)18-10-7-14(2)27-18)22-12-15-8-9-16(25-4)17(11-15)26-5;/h7-11,24H,6,12-13H2,1-5H3,(H2,21,22,23);1H. The number of nitrogens with zero attached hydrogens (tertiary/aromatic N) is 1. The second-order valence-electron chi connectivity index (χ2n) is 6.42. The first kappa shape index (κ1) is 24.1. The van der Waals surface area contributed by atoms with E-state index in [9.17, 15) is 5.11 Å². The molecule has 28 heavy (non-hydrogen) atoms. The van der Waals surface area contributed by atoms with Crippen LogP contribution in [0.4, 0.5) is 0 Å². The minimum atomic E-state index is -1.15. The van der Waals surface area contributed by atoms with Crippen LogP contribution in [0.15, 0.2) is 39.7 Å². The molecule has 0 saturated carbocycles. The lowest BCUT2D eigenvalue weighted by atomic mass is 10.0. The molecule has 0 saturated heterocycles. The highest BCUT2D eigenvalue weighted by atomic mass is 127. The van der Waals surface area contributed by atoms with Gasteiger partial charge in [-0.15, -0.1) is 24.0 Å². The summed E-state index contributed by atoms with van der Waals surface area (Å²) in [5.41, 5.74) is -0.161. The van der Waals surface area contributed by atoms with E-state index in [2.05, 4.69) is 15.6 Å². The molecule has 0 amide bonds. The Kier molecular flexibility index (Phi) is 9.60. The van der Waals surface area contributed by atoms with Crippen LogP contribution in [0, 0.1) is 6.92 Å². The second kappa shape index (κ2) is 11.2. The zero-order valence-electron chi connectivity index (χ0n) is 17.0. The van der Waals surface area contributed by atoms with E-state index in [-0.39, 0.29) is 30.5 Å². The second-order valence-corrected chi connectivity index (χ2v) is 6.42. The molecule has 0 bridgehead atoms. The van der Waals surface area contributed by atoms with Crippen molar-refractivity contribution < 1.29 is 19.0 Å². The van der Waals surface area contributed by atoms with Gasteiger partial charge in [0.25, 0.3) is 0 Å². The summed E-state index contributed by atoms with van der Waals surface area (Å²) < 4.78 is 16.1. The van der Waals surface area contributed by atoms with Gasteiger partial charge < -0.3 is 29.6 Å². The number of rotatable bonds is 8. The van der Waals surface area contributed by atoms with Gasteiger partial charge >= 0.3 is 0 Å². The lowest BCUT2D eigenvalue weighted by molar-refractivity contribution is 0.0378. The maximum absolute atomic E-state index is 10.7. The normalized spacial score (nSPS) is 13.3. The highest BCUT2D eigenvalue weighted by molar-refractivity contribution is 14.0. The van der Waals surface area contributed by atoms with Crippen LogP contribution in [-0.2, 0) is 12.1 Å². The van der Waals surface area contributed by atoms with Gasteiger partial charge in [0.05, 0.1) is 27.3 Å². The number of hydrogen-bond donors (Lipinski definition) is 3. The Labute approximate surface area is 183 Å². The molecular formula is C20H30IN3O4. The Balaban J connectivity index is 0.00000392. The van der Waals surface area contributed by atoms with Crippen LogP contribution in [0.25, 0.3) is 0 Å². The van der Waals surface area contributed by atoms with Crippen molar-refractivity contribution in [3.8, 4) is 11.5 Å². The molecule has 0 aliphatic rings. The van der Waals surface area contributed by atoms with Crippen LogP contribution in [0.1, 0.15) is 30.9 Å². The maximum atomic E-state index is 10.7. The largest absolute Gasteiger partial charge is 0.493 e. The zero-order valence-corrected chi connectivity index (χ0v) is 19.4. The summed E-state index contributed by atoms with van der Waals surface area (Å²) in [6, 6.07) is 9.31. The van der Waals surface area contributed by atoms with Gasteiger partial charge in [-0.05, 0) is 50.6 Å². The zero-order chi connectivity index (χ0) is 19.9. The van der Waals surface area contributed by atoms with Crippen molar-refractivity contribution in [2.24, 2.45) is 4.99 Å². The minimum absolute atomic E-state index is 0. The molecule has 2 rings (SSSR count). The van der Waals surface area contributed by atoms with E-state index in [1.165, 1.54) is 0 Å². The molecular weight excluding hydrogens is 473 g/mol. The fourth-order valence-electron chi connectivity index (χ4n) is 2.56. The van der Waals surface area contributed by atoms with E-state index < -0.39 is 5.60 Å². The van der Waals surface area contributed by atoms with Gasteiger partial charge in [-0.3, -0.25) is 0 Å². The molecule has 2 aromatic rings. The number of aliphatic imine (C=N–C) groups is 1.